The molecule has 2 aliphatic rings. The highest BCUT2D eigenvalue weighted by atomic mass is 16.1. The quantitative estimate of drug-likeness (QED) is 0.455. The van der Waals surface area contributed by atoms with Crippen molar-refractivity contribution in [2.75, 3.05) is 0 Å². The Balaban J connectivity index is 2.01. The van der Waals surface area contributed by atoms with Gasteiger partial charge in [-0.05, 0) is 43.9 Å². The summed E-state index contributed by atoms with van der Waals surface area (Å²) in [5, 5.41) is 0. The number of aliphatic imine (C=N–C) groups is 1. The Kier molecular flexibility index (Phi) is 2.02. The lowest BCUT2D eigenvalue weighted by Crippen LogP contribution is -2.21. The second kappa shape index (κ2) is 3.02. The maximum Gasteiger partial charge on any atom is 0.235 e. The average Bonchev–Trinajstić information content (AvgIpc) is 2.64. The van der Waals surface area contributed by atoms with Gasteiger partial charge in [-0.15, -0.1) is 0 Å². The molecule has 2 nitrogen and oxygen atoms in total. The predicted molar refractivity (Wildman–Crippen MR) is 46.5 cm³/mol. The molecular weight excluding hydrogens is 150 g/mol. The molecule has 2 saturated carbocycles. The lowest BCUT2D eigenvalue weighted by atomic mass is 9.84. The fourth-order valence-electron chi connectivity index (χ4n) is 3.06. The van der Waals surface area contributed by atoms with Gasteiger partial charge in [-0.2, -0.15) is 0 Å². The third-order valence-corrected chi connectivity index (χ3v) is 3.67. The summed E-state index contributed by atoms with van der Waals surface area (Å²) in [5.41, 5.74) is 0. The zero-order chi connectivity index (χ0) is 8.55. The number of carbonyl (C=O) groups excluding carboxylic acids is 1. The van der Waals surface area contributed by atoms with E-state index < -0.39 is 0 Å². The molecule has 0 amide bonds. The molecule has 66 valence electrons. The number of hydrogen-bond acceptors (Lipinski definition) is 2. The highest BCUT2D eigenvalue weighted by Gasteiger charge is 2.41. The summed E-state index contributed by atoms with van der Waals surface area (Å²) >= 11 is 0. The Morgan fingerprint density at radius 1 is 1.42 bits per heavy atom. The van der Waals surface area contributed by atoms with Crippen LogP contribution in [0.5, 0.6) is 0 Å². The van der Waals surface area contributed by atoms with E-state index in [2.05, 4.69) is 11.9 Å². The van der Waals surface area contributed by atoms with Crippen LogP contribution in [0.4, 0.5) is 0 Å². The van der Waals surface area contributed by atoms with Gasteiger partial charge in [0, 0.05) is 0 Å². The molecule has 4 unspecified atom stereocenters. The molecule has 2 aliphatic carbocycles. The molecule has 0 radical (unpaired) electrons. The maximum atomic E-state index is 10.1. The van der Waals surface area contributed by atoms with Crippen molar-refractivity contribution in [3.63, 3.8) is 0 Å². The molecule has 2 bridgehead atoms. The molecule has 0 aromatic heterocycles. The van der Waals surface area contributed by atoms with Gasteiger partial charge < -0.3 is 0 Å². The lowest BCUT2D eigenvalue weighted by molar-refractivity contribution is 0.293. The summed E-state index contributed by atoms with van der Waals surface area (Å²) in [6, 6.07) is 0.220. The smallest absolute Gasteiger partial charge is 0.211 e. The normalized spacial score (nSPS) is 40.9. The second-order valence-corrected chi connectivity index (χ2v) is 4.30. The van der Waals surface area contributed by atoms with Crippen molar-refractivity contribution in [1.82, 2.24) is 0 Å². The van der Waals surface area contributed by atoms with Crippen molar-refractivity contribution < 1.29 is 4.79 Å². The second-order valence-electron chi connectivity index (χ2n) is 4.30. The van der Waals surface area contributed by atoms with Gasteiger partial charge in [0.1, 0.15) is 0 Å². The Hall–Kier alpha value is -0.620. The van der Waals surface area contributed by atoms with Gasteiger partial charge in [-0.1, -0.05) is 6.42 Å². The summed E-state index contributed by atoms with van der Waals surface area (Å²) < 4.78 is 0. The van der Waals surface area contributed by atoms with Gasteiger partial charge >= 0.3 is 0 Å². The molecule has 0 aromatic rings. The van der Waals surface area contributed by atoms with E-state index >= 15 is 0 Å². The van der Waals surface area contributed by atoms with E-state index in [0.29, 0.717) is 5.92 Å². The van der Waals surface area contributed by atoms with E-state index in [1.54, 1.807) is 6.08 Å². The molecule has 0 N–H and O–H groups in total. The van der Waals surface area contributed by atoms with Crippen molar-refractivity contribution in [2.45, 2.75) is 38.6 Å². The summed E-state index contributed by atoms with van der Waals surface area (Å²) in [6.45, 7) is 2.05. The van der Waals surface area contributed by atoms with Gasteiger partial charge in [0.2, 0.25) is 6.08 Å². The van der Waals surface area contributed by atoms with Crippen LogP contribution >= 0.6 is 0 Å². The molecule has 2 rings (SSSR count). The topological polar surface area (TPSA) is 29.4 Å². The van der Waals surface area contributed by atoms with E-state index in [1.165, 1.54) is 25.7 Å². The zero-order valence-electron chi connectivity index (χ0n) is 7.49. The van der Waals surface area contributed by atoms with Crippen LogP contribution in [0.25, 0.3) is 0 Å². The van der Waals surface area contributed by atoms with E-state index in [-0.39, 0.29) is 6.04 Å². The van der Waals surface area contributed by atoms with Gasteiger partial charge in [-0.25, -0.2) is 9.79 Å². The van der Waals surface area contributed by atoms with Crippen molar-refractivity contribution in [1.29, 1.82) is 0 Å². The molecular formula is C10H15NO. The van der Waals surface area contributed by atoms with Gasteiger partial charge in [0.15, 0.2) is 0 Å². The number of fused-ring (bicyclic) bond motifs is 2. The summed E-state index contributed by atoms with van der Waals surface area (Å²) in [6.07, 6.45) is 7.16. The molecule has 2 heteroatoms. The maximum absolute atomic E-state index is 10.1. The number of rotatable bonds is 2. The van der Waals surface area contributed by atoms with Crippen molar-refractivity contribution >= 4 is 6.08 Å². The Morgan fingerprint density at radius 3 is 2.75 bits per heavy atom. The van der Waals surface area contributed by atoms with Crippen LogP contribution in [0, 0.1) is 17.8 Å². The van der Waals surface area contributed by atoms with E-state index in [1.807, 2.05) is 0 Å². The van der Waals surface area contributed by atoms with Crippen LogP contribution in [0.2, 0.25) is 0 Å². The third kappa shape index (κ3) is 1.21. The van der Waals surface area contributed by atoms with Crippen molar-refractivity contribution in [2.24, 2.45) is 22.7 Å². The molecule has 4 atom stereocenters. The van der Waals surface area contributed by atoms with E-state index in [0.717, 1.165) is 11.8 Å². The molecule has 0 spiro atoms. The first-order valence-corrected chi connectivity index (χ1v) is 4.88. The van der Waals surface area contributed by atoms with Crippen molar-refractivity contribution in [3.8, 4) is 0 Å². The number of nitrogens with zero attached hydrogens (tertiary/aromatic N) is 1. The fraction of sp³-hybridized carbons (Fsp3) is 0.900. The largest absolute Gasteiger partial charge is 0.235 e. The van der Waals surface area contributed by atoms with Gasteiger partial charge in [0.25, 0.3) is 0 Å². The molecule has 12 heavy (non-hydrogen) atoms. The SMILES string of the molecule is CC(N=C=O)C1CC2CCC1C2. The van der Waals surface area contributed by atoms with Crippen LogP contribution in [0.1, 0.15) is 32.6 Å². The first-order chi connectivity index (χ1) is 5.81. The van der Waals surface area contributed by atoms with Gasteiger partial charge in [-0.3, -0.25) is 0 Å². The van der Waals surface area contributed by atoms with Crippen LogP contribution in [0.3, 0.4) is 0 Å². The van der Waals surface area contributed by atoms with Crippen molar-refractivity contribution in [3.05, 3.63) is 0 Å². The molecule has 0 aliphatic heterocycles. The highest BCUT2D eigenvalue weighted by molar-refractivity contribution is 5.33. The minimum Gasteiger partial charge on any atom is -0.211 e. The standard InChI is InChI=1S/C10H15NO/c1-7(11-6-12)10-5-8-2-3-9(10)4-8/h7-10H,2-5H2,1H3. The Labute approximate surface area is 73.1 Å². The Bertz CT molecular complexity index is 220. The Morgan fingerprint density at radius 2 is 2.25 bits per heavy atom. The fourth-order valence-corrected chi connectivity index (χ4v) is 3.06. The molecule has 2 fully saturated rings. The first-order valence-electron chi connectivity index (χ1n) is 4.88. The third-order valence-electron chi connectivity index (χ3n) is 3.67. The summed E-state index contributed by atoms with van der Waals surface area (Å²) in [7, 11) is 0. The first kappa shape index (κ1) is 8.00. The minimum atomic E-state index is 0.220. The zero-order valence-corrected chi connectivity index (χ0v) is 7.49. The molecule has 0 aromatic carbocycles. The summed E-state index contributed by atoms with van der Waals surface area (Å²) in [4.78, 5) is 13.9. The van der Waals surface area contributed by atoms with E-state index in [4.69, 9.17) is 0 Å². The number of isocyanates is 1. The minimum absolute atomic E-state index is 0.220. The number of hydrogen-bond donors (Lipinski definition) is 0. The van der Waals surface area contributed by atoms with Crippen LogP contribution in [0.15, 0.2) is 4.99 Å². The lowest BCUT2D eigenvalue weighted by Gasteiger charge is -2.23. The van der Waals surface area contributed by atoms with Crippen LogP contribution in [-0.2, 0) is 4.79 Å². The van der Waals surface area contributed by atoms with Crippen LogP contribution in [-0.4, -0.2) is 12.1 Å². The molecule has 0 saturated heterocycles. The highest BCUT2D eigenvalue weighted by Crippen LogP contribution is 2.49. The monoisotopic (exact) mass is 165 g/mol. The predicted octanol–water partition coefficient (Wildman–Crippen LogP) is 2.15. The average molecular weight is 165 g/mol. The van der Waals surface area contributed by atoms with E-state index in [9.17, 15) is 4.79 Å². The summed E-state index contributed by atoms with van der Waals surface area (Å²) in [5.74, 6) is 2.50. The molecule has 0 heterocycles. The van der Waals surface area contributed by atoms with Gasteiger partial charge in [0.05, 0.1) is 6.04 Å². The van der Waals surface area contributed by atoms with Crippen LogP contribution < -0.4 is 0 Å².